The van der Waals surface area contributed by atoms with E-state index in [1.54, 1.807) is 0 Å². The fourth-order valence-electron chi connectivity index (χ4n) is 2.60. The van der Waals surface area contributed by atoms with Gasteiger partial charge in [-0.25, -0.2) is 4.79 Å². The van der Waals surface area contributed by atoms with Crippen LogP contribution >= 0.6 is 0 Å². The van der Waals surface area contributed by atoms with Gasteiger partial charge in [-0.2, -0.15) is 0 Å². The molecule has 33 heavy (non-hydrogen) atoms. The predicted molar refractivity (Wildman–Crippen MR) is 112 cm³/mol. The minimum atomic E-state index is -1.71. The summed E-state index contributed by atoms with van der Waals surface area (Å²) in [5.41, 5.74) is 16.2. The van der Waals surface area contributed by atoms with Gasteiger partial charge < -0.3 is 48.5 Å². The van der Waals surface area contributed by atoms with E-state index in [1.807, 2.05) is 5.32 Å². The van der Waals surface area contributed by atoms with E-state index in [0.29, 0.717) is 19.4 Å². The third-order valence-electron chi connectivity index (χ3n) is 4.42. The van der Waals surface area contributed by atoms with Crippen LogP contribution in [0.1, 0.15) is 38.5 Å². The Morgan fingerprint density at radius 3 is 1.82 bits per heavy atom. The second-order valence-corrected chi connectivity index (χ2v) is 7.20. The molecule has 0 aliphatic rings. The molecule has 0 saturated heterocycles. The highest BCUT2D eigenvalue weighted by molar-refractivity contribution is 5.96. The number of carboxylic acid groups (broad SMARTS) is 2. The lowest BCUT2D eigenvalue weighted by molar-refractivity contribution is -0.143. The Hall–Kier alpha value is -3.30. The molecule has 0 aliphatic carbocycles. The lowest BCUT2D eigenvalue weighted by Gasteiger charge is -2.24. The Kier molecular flexibility index (Phi) is 13.9. The first kappa shape index (κ1) is 29.7. The number of hydrogen-bond donors (Lipinski definition) is 9. The van der Waals surface area contributed by atoms with Crippen LogP contribution in [0.4, 0.5) is 0 Å². The van der Waals surface area contributed by atoms with Gasteiger partial charge in [0.25, 0.3) is 0 Å². The van der Waals surface area contributed by atoms with Crippen molar-refractivity contribution in [2.24, 2.45) is 17.2 Å². The summed E-state index contributed by atoms with van der Waals surface area (Å²) in [5.74, 6) is -6.72. The Morgan fingerprint density at radius 1 is 0.788 bits per heavy atom. The number of aliphatic hydroxyl groups is 1. The largest absolute Gasteiger partial charge is 0.481 e. The molecule has 0 fully saturated rings. The van der Waals surface area contributed by atoms with Gasteiger partial charge >= 0.3 is 11.9 Å². The highest BCUT2D eigenvalue weighted by atomic mass is 16.4. The summed E-state index contributed by atoms with van der Waals surface area (Å²) in [7, 11) is 0. The van der Waals surface area contributed by atoms with Crippen LogP contribution in [0.2, 0.25) is 0 Å². The third-order valence-corrected chi connectivity index (χ3v) is 4.42. The zero-order chi connectivity index (χ0) is 25.6. The normalized spacial score (nSPS) is 14.3. The monoisotopic (exact) mass is 476 g/mol. The number of primary amides is 1. The second-order valence-electron chi connectivity index (χ2n) is 7.20. The molecule has 0 aromatic heterocycles. The number of carbonyl (C=O) groups is 6. The maximum absolute atomic E-state index is 12.7. The van der Waals surface area contributed by atoms with Gasteiger partial charge in [-0.1, -0.05) is 6.42 Å². The summed E-state index contributed by atoms with van der Waals surface area (Å²) in [5, 5.41) is 33.3. The summed E-state index contributed by atoms with van der Waals surface area (Å²) in [6.07, 6.45) is -0.165. The number of amides is 4. The molecule has 15 nitrogen and oxygen atoms in total. The van der Waals surface area contributed by atoms with Crippen LogP contribution in [0, 0.1) is 0 Å². The number of carboxylic acids is 2. The van der Waals surface area contributed by atoms with Crippen molar-refractivity contribution in [3.05, 3.63) is 0 Å². The molecule has 0 heterocycles. The van der Waals surface area contributed by atoms with Gasteiger partial charge in [0, 0.05) is 6.42 Å². The second kappa shape index (κ2) is 15.5. The molecule has 0 bridgehead atoms. The Morgan fingerprint density at radius 2 is 1.33 bits per heavy atom. The van der Waals surface area contributed by atoms with E-state index in [9.17, 15) is 28.8 Å². The van der Waals surface area contributed by atoms with E-state index in [-0.39, 0.29) is 12.8 Å². The Labute approximate surface area is 189 Å². The summed E-state index contributed by atoms with van der Waals surface area (Å²) in [4.78, 5) is 70.6. The number of carbonyl (C=O) groups excluding carboxylic acids is 4. The van der Waals surface area contributed by atoms with Crippen LogP contribution in [0.3, 0.4) is 0 Å². The zero-order valence-corrected chi connectivity index (χ0v) is 18.0. The van der Waals surface area contributed by atoms with Gasteiger partial charge in [0.1, 0.15) is 18.1 Å². The lowest BCUT2D eigenvalue weighted by atomic mass is 10.1. The smallest absolute Gasteiger partial charge is 0.328 e. The van der Waals surface area contributed by atoms with E-state index >= 15 is 0 Å². The first-order chi connectivity index (χ1) is 15.4. The van der Waals surface area contributed by atoms with Crippen molar-refractivity contribution in [3.8, 4) is 0 Å². The van der Waals surface area contributed by atoms with E-state index < -0.39 is 79.2 Å². The van der Waals surface area contributed by atoms with Gasteiger partial charge in [-0.15, -0.1) is 0 Å². The molecule has 4 atom stereocenters. The molecule has 0 aromatic carbocycles. The van der Waals surface area contributed by atoms with Crippen LogP contribution in [-0.4, -0.2) is 88.2 Å². The van der Waals surface area contributed by atoms with E-state index in [2.05, 4.69) is 10.6 Å². The van der Waals surface area contributed by atoms with Crippen molar-refractivity contribution < 1.29 is 44.1 Å². The molecule has 0 saturated carbocycles. The molecule has 0 aromatic rings. The predicted octanol–water partition coefficient (Wildman–Crippen LogP) is -4.29. The van der Waals surface area contributed by atoms with Crippen LogP contribution in [-0.2, 0) is 28.8 Å². The molecule has 0 radical (unpaired) electrons. The SMILES string of the molecule is NCCCCC(N)C(=O)NC(CCC(=O)O)C(=O)NC(CC(N)=O)C(=O)NC(CO)C(=O)O. The third kappa shape index (κ3) is 12.4. The van der Waals surface area contributed by atoms with Crippen LogP contribution in [0.5, 0.6) is 0 Å². The van der Waals surface area contributed by atoms with Gasteiger partial charge in [-0.05, 0) is 25.8 Å². The lowest BCUT2D eigenvalue weighted by Crippen LogP contribution is -2.58. The number of aliphatic carboxylic acids is 2. The molecule has 4 unspecified atom stereocenters. The average Bonchev–Trinajstić information content (AvgIpc) is 2.73. The Balaban J connectivity index is 5.42. The number of aliphatic hydroxyl groups excluding tert-OH is 1. The van der Waals surface area contributed by atoms with E-state index in [0.717, 1.165) is 0 Å². The fraction of sp³-hybridized carbons (Fsp3) is 0.667. The number of rotatable bonds is 17. The highest BCUT2D eigenvalue weighted by Gasteiger charge is 2.31. The van der Waals surface area contributed by atoms with Crippen LogP contribution in [0.25, 0.3) is 0 Å². The molecule has 0 rings (SSSR count). The fourth-order valence-corrected chi connectivity index (χ4v) is 2.60. The van der Waals surface area contributed by atoms with E-state index in [4.69, 9.17) is 32.5 Å². The number of hydrogen-bond acceptors (Lipinski definition) is 9. The minimum Gasteiger partial charge on any atom is -0.481 e. The first-order valence-electron chi connectivity index (χ1n) is 10.1. The topological polar surface area (TPSA) is 277 Å². The summed E-state index contributed by atoms with van der Waals surface area (Å²) in [6.45, 7) is -0.558. The minimum absolute atomic E-state index is 0.265. The van der Waals surface area contributed by atoms with Crippen molar-refractivity contribution in [2.75, 3.05) is 13.2 Å². The standard InChI is InChI=1S/C18H32N6O9/c19-6-2-1-3-9(20)15(29)22-10(4-5-14(27)28)16(30)23-11(7-13(21)26)17(31)24-12(8-25)18(32)33/h9-12,25H,1-8,19-20H2,(H2,21,26)(H,22,29)(H,23,30)(H,24,31)(H,27,28)(H,32,33). The van der Waals surface area contributed by atoms with Gasteiger partial charge in [-0.3, -0.25) is 24.0 Å². The van der Waals surface area contributed by atoms with Gasteiger partial charge in [0.2, 0.25) is 23.6 Å². The molecule has 0 spiro atoms. The highest BCUT2D eigenvalue weighted by Crippen LogP contribution is 2.04. The van der Waals surface area contributed by atoms with Gasteiger partial charge in [0.15, 0.2) is 0 Å². The molecule has 4 amide bonds. The molecule has 12 N–H and O–H groups in total. The van der Waals surface area contributed by atoms with Gasteiger partial charge in [0.05, 0.1) is 19.1 Å². The average molecular weight is 476 g/mol. The first-order valence-corrected chi connectivity index (χ1v) is 10.1. The number of nitrogens with one attached hydrogen (secondary N) is 3. The summed E-state index contributed by atoms with van der Waals surface area (Å²) >= 11 is 0. The quantitative estimate of drug-likeness (QED) is 0.0905. The molecule has 15 heteroatoms. The van der Waals surface area contributed by atoms with Crippen LogP contribution < -0.4 is 33.2 Å². The van der Waals surface area contributed by atoms with Crippen LogP contribution in [0.15, 0.2) is 0 Å². The van der Waals surface area contributed by atoms with Crippen molar-refractivity contribution >= 4 is 35.6 Å². The molecule has 188 valence electrons. The Bertz CT molecular complexity index is 718. The van der Waals surface area contributed by atoms with E-state index in [1.165, 1.54) is 0 Å². The molecular weight excluding hydrogens is 444 g/mol. The maximum atomic E-state index is 12.7. The van der Waals surface area contributed by atoms with Crippen molar-refractivity contribution in [3.63, 3.8) is 0 Å². The maximum Gasteiger partial charge on any atom is 0.328 e. The number of nitrogens with two attached hydrogens (primary N) is 3. The van der Waals surface area contributed by atoms with Crippen molar-refractivity contribution in [1.29, 1.82) is 0 Å². The molecular formula is C18H32N6O9. The zero-order valence-electron chi connectivity index (χ0n) is 18.0. The number of unbranched alkanes of at least 4 members (excludes halogenated alkanes) is 1. The molecule has 0 aliphatic heterocycles. The summed E-state index contributed by atoms with van der Waals surface area (Å²) < 4.78 is 0. The van der Waals surface area contributed by atoms with Crippen molar-refractivity contribution in [1.82, 2.24) is 16.0 Å². The van der Waals surface area contributed by atoms with Crippen molar-refractivity contribution in [2.45, 2.75) is 62.7 Å². The summed E-state index contributed by atoms with van der Waals surface area (Å²) in [6, 6.07) is -5.78.